The molecule has 0 aliphatic carbocycles. The van der Waals surface area contributed by atoms with Gasteiger partial charge >= 0.3 is 17.9 Å². The predicted molar refractivity (Wildman–Crippen MR) is 246 cm³/mol. The molecule has 0 aliphatic heterocycles. The summed E-state index contributed by atoms with van der Waals surface area (Å²) in [6, 6.07) is 15.1. The lowest BCUT2D eigenvalue weighted by Crippen LogP contribution is -2.05. The molecule has 0 fully saturated rings. The highest BCUT2D eigenvalue weighted by atomic mass is 16.5. The fourth-order valence-electron chi connectivity index (χ4n) is 7.10. The maximum absolute atomic E-state index is 12.1. The first-order valence-electron chi connectivity index (χ1n) is 23.6. The minimum atomic E-state index is -0.290. The highest BCUT2D eigenvalue weighted by Gasteiger charge is 2.04. The van der Waals surface area contributed by atoms with Gasteiger partial charge in [0.15, 0.2) is 0 Å². The number of rotatable bonds is 39. The Balaban J connectivity index is 1.20. The molecule has 0 bridgehead atoms. The van der Waals surface area contributed by atoms with E-state index >= 15 is 0 Å². The van der Waals surface area contributed by atoms with Crippen LogP contribution in [0, 0.1) is 0 Å². The van der Waals surface area contributed by atoms with Crippen molar-refractivity contribution < 1.29 is 38.1 Å². The maximum atomic E-state index is 12.1. The van der Waals surface area contributed by atoms with Gasteiger partial charge in [0.25, 0.3) is 0 Å². The van der Waals surface area contributed by atoms with Crippen LogP contribution in [0.3, 0.4) is 0 Å². The first-order valence-corrected chi connectivity index (χ1v) is 23.6. The average Bonchev–Trinajstić information content (AvgIpc) is 3.27. The Morgan fingerprint density at radius 2 is 0.633 bits per heavy atom. The minimum absolute atomic E-state index is 0.0235. The van der Waals surface area contributed by atoms with Crippen LogP contribution in [0.5, 0.6) is 11.5 Å². The van der Waals surface area contributed by atoms with Gasteiger partial charge in [0.2, 0.25) is 0 Å². The topological polar surface area (TPSA) is 97.4 Å². The third kappa shape index (κ3) is 30.9. The Morgan fingerprint density at radius 3 is 0.933 bits per heavy atom. The van der Waals surface area contributed by atoms with E-state index < -0.39 is 0 Å². The number of hydrogen-bond donors (Lipinski definition) is 0. The number of esters is 3. The van der Waals surface area contributed by atoms with Crippen LogP contribution in [0.25, 0.3) is 12.2 Å². The summed E-state index contributed by atoms with van der Waals surface area (Å²) >= 11 is 0. The molecule has 0 aliphatic rings. The van der Waals surface area contributed by atoms with Crippen molar-refractivity contribution in [1.29, 1.82) is 0 Å². The zero-order chi connectivity index (χ0) is 43.0. The standard InChI is InChI=1S/C52H80O8/c1-56-48-37-31-46(32-38-48)35-41-51(54)59-44-28-24-20-16-12-8-4-3-7-11-15-19-23-27-43-58-50(53)30-26-22-18-14-10-6-5-9-13-17-21-25-29-45-60-52(55)42-36-47-33-39-49(57-2)40-34-47/h31-42H,3-30,43-45H2,1-2H3/b41-35-,42-36-. The van der Waals surface area contributed by atoms with Crippen LogP contribution in [0.4, 0.5) is 0 Å². The average molecular weight is 833 g/mol. The van der Waals surface area contributed by atoms with Crippen molar-refractivity contribution in [3.63, 3.8) is 0 Å². The summed E-state index contributed by atoms with van der Waals surface area (Å²) < 4.78 is 26.4. The monoisotopic (exact) mass is 833 g/mol. The van der Waals surface area contributed by atoms with Gasteiger partial charge in [-0.3, -0.25) is 4.79 Å². The van der Waals surface area contributed by atoms with Crippen molar-refractivity contribution in [1.82, 2.24) is 0 Å². The van der Waals surface area contributed by atoms with Crippen LogP contribution in [0.1, 0.15) is 191 Å². The molecule has 0 amide bonds. The summed E-state index contributed by atoms with van der Waals surface area (Å²) in [4.78, 5) is 35.9. The van der Waals surface area contributed by atoms with Gasteiger partial charge in [-0.1, -0.05) is 172 Å². The molecule has 60 heavy (non-hydrogen) atoms. The molecule has 0 radical (unpaired) electrons. The van der Waals surface area contributed by atoms with E-state index in [0.717, 1.165) is 74.0 Å². The van der Waals surface area contributed by atoms with Crippen molar-refractivity contribution in [2.45, 2.75) is 180 Å². The quantitative estimate of drug-likeness (QED) is 0.0284. The Kier molecular flexibility index (Phi) is 32.9. The van der Waals surface area contributed by atoms with Gasteiger partial charge in [-0.25, -0.2) is 9.59 Å². The summed E-state index contributed by atoms with van der Waals surface area (Å²) in [6.07, 6.45) is 39.6. The molecule has 8 heteroatoms. The maximum Gasteiger partial charge on any atom is 0.330 e. The third-order valence-corrected chi connectivity index (χ3v) is 10.9. The fourth-order valence-corrected chi connectivity index (χ4v) is 7.10. The molecule has 0 saturated carbocycles. The highest BCUT2D eigenvalue weighted by molar-refractivity contribution is 5.87. The van der Waals surface area contributed by atoms with E-state index in [9.17, 15) is 14.4 Å². The van der Waals surface area contributed by atoms with Crippen molar-refractivity contribution >= 4 is 30.1 Å². The number of methoxy groups -OCH3 is 2. The van der Waals surface area contributed by atoms with Crippen molar-refractivity contribution in [2.75, 3.05) is 34.0 Å². The highest BCUT2D eigenvalue weighted by Crippen LogP contribution is 2.17. The summed E-state index contributed by atoms with van der Waals surface area (Å²) in [5.41, 5.74) is 1.88. The Morgan fingerprint density at radius 1 is 0.367 bits per heavy atom. The molecule has 2 aromatic carbocycles. The molecule has 2 aromatic rings. The number of unbranched alkanes of at least 4 members (excludes halogenated alkanes) is 25. The van der Waals surface area contributed by atoms with Crippen molar-refractivity contribution in [2.24, 2.45) is 0 Å². The van der Waals surface area contributed by atoms with E-state index in [0.29, 0.717) is 26.2 Å². The molecular formula is C52H80O8. The van der Waals surface area contributed by atoms with Gasteiger partial charge in [-0.15, -0.1) is 0 Å². The van der Waals surface area contributed by atoms with Crippen molar-refractivity contribution in [3.05, 3.63) is 71.8 Å². The zero-order valence-electron chi connectivity index (χ0n) is 37.6. The van der Waals surface area contributed by atoms with Crippen molar-refractivity contribution in [3.8, 4) is 11.5 Å². The molecule has 0 heterocycles. The third-order valence-electron chi connectivity index (χ3n) is 10.9. The molecule has 0 atom stereocenters. The normalized spacial score (nSPS) is 11.3. The van der Waals surface area contributed by atoms with Gasteiger partial charge in [0.1, 0.15) is 11.5 Å². The summed E-state index contributed by atoms with van der Waals surface area (Å²) in [5, 5.41) is 0. The van der Waals surface area contributed by atoms with Gasteiger partial charge < -0.3 is 23.7 Å². The molecule has 0 unspecified atom stereocenters. The van der Waals surface area contributed by atoms with Crippen LogP contribution in [0.2, 0.25) is 0 Å². The largest absolute Gasteiger partial charge is 0.497 e. The van der Waals surface area contributed by atoms with Crippen LogP contribution in [0.15, 0.2) is 60.7 Å². The van der Waals surface area contributed by atoms with Crippen LogP contribution < -0.4 is 9.47 Å². The Bertz CT molecular complexity index is 1400. The number of ether oxygens (including phenoxy) is 5. The van der Waals surface area contributed by atoms with Gasteiger partial charge in [-0.05, 0) is 73.2 Å². The lowest BCUT2D eigenvalue weighted by atomic mass is 10.0. The Hall–Kier alpha value is -4.07. The number of benzene rings is 2. The van der Waals surface area contributed by atoms with E-state index in [4.69, 9.17) is 23.7 Å². The van der Waals surface area contributed by atoms with Crippen LogP contribution in [-0.4, -0.2) is 51.9 Å². The molecule has 0 saturated heterocycles. The summed E-state index contributed by atoms with van der Waals surface area (Å²) in [5.74, 6) is 0.987. The SMILES string of the molecule is COc1ccc(/C=C\C(=O)OCCCCCCCCCCCCCCCCOC(=O)CCCCCCCCCCCCCCCOC(=O)/C=C\c2ccc(OC)cc2)cc1. The second-order valence-electron chi connectivity index (χ2n) is 16.1. The van der Waals surface area contributed by atoms with Gasteiger partial charge in [0.05, 0.1) is 34.0 Å². The first kappa shape index (κ1) is 52.1. The minimum Gasteiger partial charge on any atom is -0.497 e. The van der Waals surface area contributed by atoms with Crippen LogP contribution >= 0.6 is 0 Å². The second-order valence-corrected chi connectivity index (χ2v) is 16.1. The van der Waals surface area contributed by atoms with Gasteiger partial charge in [0, 0.05) is 18.6 Å². The second kappa shape index (κ2) is 37.9. The Labute approximate surface area is 364 Å². The fraction of sp³-hybridized carbons (Fsp3) is 0.635. The predicted octanol–water partition coefficient (Wildman–Crippen LogP) is 14.0. The number of hydrogen-bond acceptors (Lipinski definition) is 8. The van der Waals surface area contributed by atoms with E-state index in [2.05, 4.69) is 0 Å². The van der Waals surface area contributed by atoms with Crippen LogP contribution in [-0.2, 0) is 28.6 Å². The molecule has 0 N–H and O–H groups in total. The lowest BCUT2D eigenvalue weighted by Gasteiger charge is -2.06. The molecule has 0 aromatic heterocycles. The number of carbonyl (C=O) groups excluding carboxylic acids is 3. The molecular weight excluding hydrogens is 753 g/mol. The summed E-state index contributed by atoms with van der Waals surface area (Å²) in [7, 11) is 3.27. The number of carbonyl (C=O) groups is 3. The van der Waals surface area contributed by atoms with E-state index in [1.807, 2.05) is 48.5 Å². The molecule has 0 spiro atoms. The molecule has 8 nitrogen and oxygen atoms in total. The summed E-state index contributed by atoms with van der Waals surface area (Å²) in [6.45, 7) is 1.55. The van der Waals surface area contributed by atoms with E-state index in [1.54, 1.807) is 26.4 Å². The molecule has 336 valence electrons. The molecule has 2 rings (SSSR count). The lowest BCUT2D eigenvalue weighted by molar-refractivity contribution is -0.144. The smallest absolute Gasteiger partial charge is 0.330 e. The van der Waals surface area contributed by atoms with Gasteiger partial charge in [-0.2, -0.15) is 0 Å². The zero-order valence-corrected chi connectivity index (χ0v) is 37.6. The first-order chi connectivity index (χ1) is 29.5. The van der Waals surface area contributed by atoms with E-state index in [-0.39, 0.29) is 17.9 Å². The van der Waals surface area contributed by atoms with E-state index in [1.165, 1.54) is 134 Å².